The lowest BCUT2D eigenvalue weighted by Gasteiger charge is -2.38. The molecule has 0 aliphatic carbocycles. The van der Waals surface area contributed by atoms with Gasteiger partial charge in [0.1, 0.15) is 0 Å². The third-order valence-electron chi connectivity index (χ3n) is 5.17. The van der Waals surface area contributed by atoms with Gasteiger partial charge in [0, 0.05) is 37.4 Å². The van der Waals surface area contributed by atoms with E-state index < -0.39 is 5.60 Å². The van der Waals surface area contributed by atoms with Crippen LogP contribution in [0.3, 0.4) is 0 Å². The molecule has 0 spiro atoms. The number of nitrogens with zero attached hydrogens (tertiary/aromatic N) is 3. The van der Waals surface area contributed by atoms with Crippen molar-refractivity contribution >= 4 is 0 Å². The van der Waals surface area contributed by atoms with Crippen molar-refractivity contribution in [3.63, 3.8) is 0 Å². The molecule has 0 bridgehead atoms. The van der Waals surface area contributed by atoms with Gasteiger partial charge >= 0.3 is 0 Å². The Morgan fingerprint density at radius 3 is 2.35 bits per heavy atom. The van der Waals surface area contributed by atoms with E-state index in [4.69, 9.17) is 0 Å². The van der Waals surface area contributed by atoms with Crippen LogP contribution >= 0.6 is 0 Å². The first-order valence-corrected chi connectivity index (χ1v) is 8.55. The average molecular weight is 313 g/mol. The van der Waals surface area contributed by atoms with Crippen LogP contribution in [0, 0.1) is 13.8 Å². The second kappa shape index (κ2) is 6.46. The number of aryl methyl sites for hydroxylation is 2. The fourth-order valence-electron chi connectivity index (χ4n) is 3.43. The Kier molecular flexibility index (Phi) is 4.55. The summed E-state index contributed by atoms with van der Waals surface area (Å²) in [5.74, 6) is 0. The van der Waals surface area contributed by atoms with Gasteiger partial charge in [0.2, 0.25) is 0 Å². The SMILES string of the molecule is CCn1ncc(CN2CCC(O)(c3ccc(C)cc3)CC2)c1C. The first kappa shape index (κ1) is 16.2. The standard InChI is InChI=1S/C19H27N3O/c1-4-22-16(3)17(13-20-22)14-21-11-9-19(23,10-12-21)18-7-5-15(2)6-8-18/h5-8,13,23H,4,9-12,14H2,1-3H3. The molecular formula is C19H27N3O. The van der Waals surface area contributed by atoms with Crippen molar-refractivity contribution in [2.24, 2.45) is 0 Å². The van der Waals surface area contributed by atoms with E-state index in [9.17, 15) is 5.11 Å². The molecule has 1 aliphatic heterocycles. The van der Waals surface area contributed by atoms with Crippen LogP contribution in [0.15, 0.2) is 30.5 Å². The maximum absolute atomic E-state index is 11.0. The number of hydrogen-bond donors (Lipinski definition) is 1. The molecule has 0 atom stereocenters. The van der Waals surface area contributed by atoms with Crippen LogP contribution in [0.1, 0.15) is 42.1 Å². The summed E-state index contributed by atoms with van der Waals surface area (Å²) < 4.78 is 2.04. The zero-order valence-electron chi connectivity index (χ0n) is 14.4. The van der Waals surface area contributed by atoms with Gasteiger partial charge in [-0.3, -0.25) is 9.58 Å². The van der Waals surface area contributed by atoms with E-state index in [0.717, 1.165) is 44.6 Å². The van der Waals surface area contributed by atoms with E-state index in [1.807, 2.05) is 10.9 Å². The van der Waals surface area contributed by atoms with Crippen LogP contribution in [-0.4, -0.2) is 32.9 Å². The van der Waals surface area contributed by atoms with Gasteiger partial charge in [0.15, 0.2) is 0 Å². The van der Waals surface area contributed by atoms with Crippen LogP contribution < -0.4 is 0 Å². The fourth-order valence-corrected chi connectivity index (χ4v) is 3.43. The van der Waals surface area contributed by atoms with Crippen molar-refractivity contribution in [2.45, 2.75) is 52.3 Å². The molecule has 1 aromatic carbocycles. The molecule has 3 rings (SSSR count). The summed E-state index contributed by atoms with van der Waals surface area (Å²) in [7, 11) is 0. The largest absolute Gasteiger partial charge is 0.385 e. The zero-order chi connectivity index (χ0) is 16.4. The molecular weight excluding hydrogens is 286 g/mol. The highest BCUT2D eigenvalue weighted by atomic mass is 16.3. The molecule has 4 heteroatoms. The van der Waals surface area contributed by atoms with Gasteiger partial charge in [0.25, 0.3) is 0 Å². The summed E-state index contributed by atoms with van der Waals surface area (Å²) in [4.78, 5) is 2.42. The molecule has 0 unspecified atom stereocenters. The van der Waals surface area contributed by atoms with E-state index in [0.29, 0.717) is 0 Å². The molecule has 2 heterocycles. The van der Waals surface area contributed by atoms with Crippen LogP contribution in [0.5, 0.6) is 0 Å². The number of aliphatic hydroxyl groups is 1. The van der Waals surface area contributed by atoms with Gasteiger partial charge in [-0.05, 0) is 39.2 Å². The Labute approximate surface area is 138 Å². The molecule has 124 valence electrons. The number of likely N-dealkylation sites (tertiary alicyclic amines) is 1. The molecule has 4 nitrogen and oxygen atoms in total. The Balaban J connectivity index is 1.63. The second-order valence-corrected chi connectivity index (χ2v) is 6.74. The normalized spacial score (nSPS) is 18.3. The number of aromatic nitrogens is 2. The van der Waals surface area contributed by atoms with Gasteiger partial charge in [-0.2, -0.15) is 5.10 Å². The van der Waals surface area contributed by atoms with Crippen LogP contribution in [0.4, 0.5) is 0 Å². The van der Waals surface area contributed by atoms with Crippen molar-refractivity contribution in [3.8, 4) is 0 Å². The first-order valence-electron chi connectivity index (χ1n) is 8.55. The average Bonchev–Trinajstić information content (AvgIpc) is 2.90. The number of piperidine rings is 1. The molecule has 1 aliphatic rings. The molecule has 1 fully saturated rings. The predicted octanol–water partition coefficient (Wildman–Crippen LogP) is 3.00. The number of hydrogen-bond acceptors (Lipinski definition) is 3. The predicted molar refractivity (Wildman–Crippen MR) is 92.2 cm³/mol. The smallest absolute Gasteiger partial charge is 0.0920 e. The maximum atomic E-state index is 11.0. The van der Waals surface area contributed by atoms with Gasteiger partial charge < -0.3 is 5.11 Å². The van der Waals surface area contributed by atoms with Crippen molar-refractivity contribution in [1.82, 2.24) is 14.7 Å². The van der Waals surface area contributed by atoms with Crippen LogP contribution in [-0.2, 0) is 18.7 Å². The van der Waals surface area contributed by atoms with Gasteiger partial charge in [0.05, 0.1) is 11.8 Å². The van der Waals surface area contributed by atoms with Crippen molar-refractivity contribution in [1.29, 1.82) is 0 Å². The third-order valence-corrected chi connectivity index (χ3v) is 5.17. The quantitative estimate of drug-likeness (QED) is 0.943. The molecule has 1 saturated heterocycles. The molecule has 0 saturated carbocycles. The minimum Gasteiger partial charge on any atom is -0.385 e. The molecule has 0 radical (unpaired) electrons. The molecule has 1 aromatic heterocycles. The van der Waals surface area contributed by atoms with Crippen molar-refractivity contribution < 1.29 is 5.11 Å². The fraction of sp³-hybridized carbons (Fsp3) is 0.526. The van der Waals surface area contributed by atoms with Gasteiger partial charge in [-0.25, -0.2) is 0 Å². The Morgan fingerprint density at radius 2 is 1.78 bits per heavy atom. The van der Waals surface area contributed by atoms with Gasteiger partial charge in [-0.1, -0.05) is 29.8 Å². The zero-order valence-corrected chi connectivity index (χ0v) is 14.4. The summed E-state index contributed by atoms with van der Waals surface area (Å²) in [6.45, 7) is 10.0. The van der Waals surface area contributed by atoms with Gasteiger partial charge in [-0.15, -0.1) is 0 Å². The summed E-state index contributed by atoms with van der Waals surface area (Å²) in [5, 5.41) is 15.4. The maximum Gasteiger partial charge on any atom is 0.0920 e. The van der Waals surface area contributed by atoms with Crippen molar-refractivity contribution in [2.75, 3.05) is 13.1 Å². The van der Waals surface area contributed by atoms with E-state index in [-0.39, 0.29) is 0 Å². The molecule has 2 aromatic rings. The van der Waals surface area contributed by atoms with Crippen molar-refractivity contribution in [3.05, 3.63) is 52.8 Å². The highest BCUT2D eigenvalue weighted by Crippen LogP contribution is 2.33. The summed E-state index contributed by atoms with van der Waals surface area (Å²) in [6, 6.07) is 8.31. The second-order valence-electron chi connectivity index (χ2n) is 6.74. The lowest BCUT2D eigenvalue weighted by Crippen LogP contribution is -2.42. The first-order chi connectivity index (χ1) is 11.0. The number of rotatable bonds is 4. The lowest BCUT2D eigenvalue weighted by atomic mass is 9.84. The summed E-state index contributed by atoms with van der Waals surface area (Å²) >= 11 is 0. The van der Waals surface area contributed by atoms with E-state index in [1.54, 1.807) is 0 Å². The molecule has 1 N–H and O–H groups in total. The minimum atomic E-state index is -0.674. The highest BCUT2D eigenvalue weighted by Gasteiger charge is 2.34. The number of benzene rings is 1. The van der Waals surface area contributed by atoms with Crippen LogP contribution in [0.2, 0.25) is 0 Å². The van der Waals surface area contributed by atoms with Crippen LogP contribution in [0.25, 0.3) is 0 Å². The Morgan fingerprint density at radius 1 is 1.13 bits per heavy atom. The van der Waals surface area contributed by atoms with E-state index >= 15 is 0 Å². The summed E-state index contributed by atoms with van der Waals surface area (Å²) in [6.07, 6.45) is 3.56. The van der Waals surface area contributed by atoms with E-state index in [2.05, 4.69) is 55.0 Å². The highest BCUT2D eigenvalue weighted by molar-refractivity contribution is 5.27. The van der Waals surface area contributed by atoms with E-state index in [1.165, 1.54) is 16.8 Å². The molecule has 0 amide bonds. The Hall–Kier alpha value is -1.65. The monoisotopic (exact) mass is 313 g/mol. The Bertz CT molecular complexity index is 652. The third kappa shape index (κ3) is 3.33. The minimum absolute atomic E-state index is 0.674. The lowest BCUT2D eigenvalue weighted by molar-refractivity contribution is -0.0277. The topological polar surface area (TPSA) is 41.3 Å². The molecule has 23 heavy (non-hydrogen) atoms. The summed E-state index contributed by atoms with van der Waals surface area (Å²) in [5.41, 5.74) is 4.17.